The maximum absolute atomic E-state index is 12.9. The molecule has 1 saturated heterocycles. The van der Waals surface area contributed by atoms with Crippen LogP contribution in [0.5, 0.6) is 0 Å². The van der Waals surface area contributed by atoms with E-state index in [4.69, 9.17) is 11.6 Å². The molecule has 6 nitrogen and oxygen atoms in total. The van der Waals surface area contributed by atoms with Gasteiger partial charge in [0.05, 0.1) is 23.1 Å². The van der Waals surface area contributed by atoms with Crippen LogP contribution in [0.15, 0.2) is 42.0 Å². The number of carbonyl (C=O) groups is 1. The third kappa shape index (κ3) is 3.20. The van der Waals surface area contributed by atoms with E-state index in [0.717, 1.165) is 29.6 Å². The van der Waals surface area contributed by atoms with E-state index in [1.54, 1.807) is 22.2 Å². The molecule has 0 atom stereocenters. The molecule has 0 unspecified atom stereocenters. The number of amides is 1. The molecule has 1 amide bonds. The lowest BCUT2D eigenvalue weighted by Gasteiger charge is -2.34. The molecule has 134 valence electrons. The van der Waals surface area contributed by atoms with Gasteiger partial charge >= 0.3 is 0 Å². The monoisotopic (exact) mass is 387 g/mol. The molecule has 0 saturated carbocycles. The molecule has 1 aliphatic heterocycles. The number of rotatable bonds is 3. The maximum Gasteiger partial charge on any atom is 0.257 e. The molecule has 4 rings (SSSR count). The largest absolute Gasteiger partial charge is 0.345 e. The molecule has 1 fully saturated rings. The van der Waals surface area contributed by atoms with Gasteiger partial charge in [-0.2, -0.15) is 5.10 Å². The summed E-state index contributed by atoms with van der Waals surface area (Å²) in [6.07, 6.45) is 3.46. The SMILES string of the molecule is Cc1c(C(=O)N2CCN(c3nccs3)CC2)cnn1-c1cccc(Cl)c1. The van der Waals surface area contributed by atoms with E-state index >= 15 is 0 Å². The number of aromatic nitrogens is 3. The standard InChI is InChI=1S/C18H18ClN5OS/c1-13-16(12-21-24(13)15-4-2-3-14(19)11-15)17(25)22-6-8-23(9-7-22)18-20-5-10-26-18/h2-5,10-12H,6-9H2,1H3. The van der Waals surface area contributed by atoms with Gasteiger partial charge in [0.15, 0.2) is 5.13 Å². The van der Waals surface area contributed by atoms with Crippen LogP contribution in [-0.4, -0.2) is 51.8 Å². The highest BCUT2D eigenvalue weighted by molar-refractivity contribution is 7.13. The molecule has 1 aliphatic rings. The van der Waals surface area contributed by atoms with E-state index in [1.165, 1.54) is 0 Å². The first-order chi connectivity index (χ1) is 12.6. The zero-order chi connectivity index (χ0) is 18.1. The summed E-state index contributed by atoms with van der Waals surface area (Å²) in [6.45, 7) is 4.86. The van der Waals surface area contributed by atoms with Crippen molar-refractivity contribution in [2.24, 2.45) is 0 Å². The van der Waals surface area contributed by atoms with E-state index in [-0.39, 0.29) is 5.91 Å². The van der Waals surface area contributed by atoms with Crippen LogP contribution in [0.3, 0.4) is 0 Å². The molecule has 0 N–H and O–H groups in total. The molecule has 2 aromatic heterocycles. The van der Waals surface area contributed by atoms with Gasteiger partial charge in [0.2, 0.25) is 0 Å². The zero-order valence-corrected chi connectivity index (χ0v) is 15.9. The van der Waals surface area contributed by atoms with E-state index in [1.807, 2.05) is 47.7 Å². The molecule has 3 heterocycles. The summed E-state index contributed by atoms with van der Waals surface area (Å²) >= 11 is 7.70. The summed E-state index contributed by atoms with van der Waals surface area (Å²) < 4.78 is 1.75. The topological polar surface area (TPSA) is 54.3 Å². The Balaban J connectivity index is 1.49. The smallest absolute Gasteiger partial charge is 0.257 e. The van der Waals surface area contributed by atoms with Crippen LogP contribution in [0, 0.1) is 6.92 Å². The van der Waals surface area contributed by atoms with Gasteiger partial charge in [0, 0.05) is 42.8 Å². The van der Waals surface area contributed by atoms with Crippen LogP contribution < -0.4 is 4.90 Å². The molecule has 0 radical (unpaired) electrons. The average Bonchev–Trinajstić information content (AvgIpc) is 3.31. The van der Waals surface area contributed by atoms with Crippen molar-refractivity contribution in [1.82, 2.24) is 19.7 Å². The first-order valence-electron chi connectivity index (χ1n) is 8.38. The van der Waals surface area contributed by atoms with Crippen LogP contribution in [0.4, 0.5) is 5.13 Å². The third-order valence-electron chi connectivity index (χ3n) is 4.55. The lowest BCUT2D eigenvalue weighted by Crippen LogP contribution is -2.48. The predicted molar refractivity (Wildman–Crippen MR) is 104 cm³/mol. The Hall–Kier alpha value is -2.38. The van der Waals surface area contributed by atoms with Crippen molar-refractivity contribution in [3.63, 3.8) is 0 Å². The minimum absolute atomic E-state index is 0.0227. The van der Waals surface area contributed by atoms with Crippen molar-refractivity contribution in [3.8, 4) is 5.69 Å². The summed E-state index contributed by atoms with van der Waals surface area (Å²) in [6, 6.07) is 7.45. The van der Waals surface area contributed by atoms with E-state index in [0.29, 0.717) is 23.7 Å². The van der Waals surface area contributed by atoms with Gasteiger partial charge in [-0.15, -0.1) is 11.3 Å². The molecule has 1 aromatic carbocycles. The molecule has 8 heteroatoms. The summed E-state index contributed by atoms with van der Waals surface area (Å²) in [5.74, 6) is 0.0227. The molecule has 0 spiro atoms. The van der Waals surface area contributed by atoms with Gasteiger partial charge in [-0.05, 0) is 25.1 Å². The van der Waals surface area contributed by atoms with Gasteiger partial charge < -0.3 is 9.80 Å². The lowest BCUT2D eigenvalue weighted by molar-refractivity contribution is 0.0746. The second-order valence-corrected chi connectivity index (χ2v) is 7.44. The number of hydrogen-bond donors (Lipinski definition) is 0. The maximum atomic E-state index is 12.9. The number of carbonyl (C=O) groups excluding carboxylic acids is 1. The highest BCUT2D eigenvalue weighted by atomic mass is 35.5. The number of nitrogens with zero attached hydrogens (tertiary/aromatic N) is 5. The van der Waals surface area contributed by atoms with Gasteiger partial charge in [0.1, 0.15) is 0 Å². The number of anilines is 1. The molecule has 26 heavy (non-hydrogen) atoms. The lowest BCUT2D eigenvalue weighted by atomic mass is 10.2. The summed E-state index contributed by atoms with van der Waals surface area (Å²) in [5, 5.41) is 8.02. The normalized spacial score (nSPS) is 14.7. The molecule has 0 aliphatic carbocycles. The fourth-order valence-electron chi connectivity index (χ4n) is 3.13. The predicted octanol–water partition coefficient (Wildman–Crippen LogP) is 3.25. The Morgan fingerprint density at radius 3 is 2.73 bits per heavy atom. The number of benzene rings is 1. The van der Waals surface area contributed by atoms with Crippen molar-refractivity contribution in [2.45, 2.75) is 6.92 Å². The minimum atomic E-state index is 0.0227. The summed E-state index contributed by atoms with van der Waals surface area (Å²) in [4.78, 5) is 21.4. The quantitative estimate of drug-likeness (QED) is 0.692. The average molecular weight is 388 g/mol. The number of hydrogen-bond acceptors (Lipinski definition) is 5. The Morgan fingerprint density at radius 2 is 2.04 bits per heavy atom. The fraction of sp³-hybridized carbons (Fsp3) is 0.278. The molecule has 3 aromatic rings. The first-order valence-corrected chi connectivity index (χ1v) is 9.63. The van der Waals surface area contributed by atoms with Gasteiger partial charge in [-0.1, -0.05) is 17.7 Å². The minimum Gasteiger partial charge on any atom is -0.345 e. The fourth-order valence-corrected chi connectivity index (χ4v) is 4.01. The van der Waals surface area contributed by atoms with Gasteiger partial charge in [-0.25, -0.2) is 9.67 Å². The van der Waals surface area contributed by atoms with Crippen molar-refractivity contribution >= 4 is 34.0 Å². The number of piperazine rings is 1. The van der Waals surface area contributed by atoms with Crippen molar-refractivity contribution in [2.75, 3.05) is 31.1 Å². The first kappa shape index (κ1) is 17.1. The second-order valence-electron chi connectivity index (χ2n) is 6.13. The van der Waals surface area contributed by atoms with Crippen molar-refractivity contribution < 1.29 is 4.79 Å². The third-order valence-corrected chi connectivity index (χ3v) is 5.62. The summed E-state index contributed by atoms with van der Waals surface area (Å²) in [5.41, 5.74) is 2.30. The molecule has 0 bridgehead atoms. The Bertz CT molecular complexity index is 916. The highest BCUT2D eigenvalue weighted by Crippen LogP contribution is 2.22. The van der Waals surface area contributed by atoms with Crippen LogP contribution >= 0.6 is 22.9 Å². The number of thiazole rings is 1. The molecular weight excluding hydrogens is 370 g/mol. The molecular formula is C18H18ClN5OS. The Kier molecular flexibility index (Phi) is 4.65. The van der Waals surface area contributed by atoms with Gasteiger partial charge in [0.25, 0.3) is 5.91 Å². The van der Waals surface area contributed by atoms with Crippen molar-refractivity contribution in [1.29, 1.82) is 0 Å². The van der Waals surface area contributed by atoms with Crippen LogP contribution in [0.1, 0.15) is 16.1 Å². The van der Waals surface area contributed by atoms with Crippen LogP contribution in [0.25, 0.3) is 5.69 Å². The van der Waals surface area contributed by atoms with E-state index in [9.17, 15) is 4.79 Å². The van der Waals surface area contributed by atoms with Crippen LogP contribution in [-0.2, 0) is 0 Å². The van der Waals surface area contributed by atoms with Crippen LogP contribution in [0.2, 0.25) is 5.02 Å². The highest BCUT2D eigenvalue weighted by Gasteiger charge is 2.26. The second kappa shape index (κ2) is 7.09. The van der Waals surface area contributed by atoms with E-state index in [2.05, 4.69) is 15.0 Å². The number of halogens is 1. The zero-order valence-electron chi connectivity index (χ0n) is 14.3. The Morgan fingerprint density at radius 1 is 1.23 bits per heavy atom. The van der Waals surface area contributed by atoms with E-state index < -0.39 is 0 Å². The van der Waals surface area contributed by atoms with Gasteiger partial charge in [-0.3, -0.25) is 4.79 Å². The van der Waals surface area contributed by atoms with Crippen molar-refractivity contribution in [3.05, 3.63) is 58.3 Å². The summed E-state index contributed by atoms with van der Waals surface area (Å²) in [7, 11) is 0. The Labute approximate surface area is 160 Å².